The van der Waals surface area contributed by atoms with Crippen molar-refractivity contribution in [1.82, 2.24) is 4.72 Å². The van der Waals surface area contributed by atoms with Crippen LogP contribution in [0.2, 0.25) is 0 Å². The number of sulfonamides is 1. The molecule has 0 radical (unpaired) electrons. The Bertz CT molecular complexity index is 558. The van der Waals surface area contributed by atoms with E-state index in [4.69, 9.17) is 15.2 Å². The lowest BCUT2D eigenvalue weighted by molar-refractivity contribution is 0.0320. The Balaban J connectivity index is 2.98. The molecule has 0 heterocycles. The summed E-state index contributed by atoms with van der Waals surface area (Å²) >= 11 is 0. The van der Waals surface area contributed by atoms with Crippen molar-refractivity contribution < 1.29 is 17.9 Å². The van der Waals surface area contributed by atoms with Crippen molar-refractivity contribution in [3.8, 4) is 0 Å². The molecule has 0 aliphatic rings. The lowest BCUT2D eigenvalue weighted by Crippen LogP contribution is -2.36. The SMILES string of the molecule is COCC(CNS(=O)(=O)c1c(C)ccc(C)c1N)OC. The summed E-state index contributed by atoms with van der Waals surface area (Å²) in [6.45, 7) is 3.92. The van der Waals surface area contributed by atoms with Crippen LogP contribution in [0.15, 0.2) is 17.0 Å². The van der Waals surface area contributed by atoms with E-state index in [-0.39, 0.29) is 23.2 Å². The Labute approximate surface area is 120 Å². The molecule has 0 aliphatic heterocycles. The average Bonchev–Trinajstić information content (AvgIpc) is 2.39. The van der Waals surface area contributed by atoms with Gasteiger partial charge in [-0.3, -0.25) is 0 Å². The molecule has 1 unspecified atom stereocenters. The van der Waals surface area contributed by atoms with E-state index in [1.807, 2.05) is 0 Å². The molecule has 20 heavy (non-hydrogen) atoms. The predicted octanol–water partition coefficient (Wildman–Crippen LogP) is 0.825. The van der Waals surface area contributed by atoms with Crippen LogP contribution >= 0.6 is 0 Å². The second kappa shape index (κ2) is 7.03. The maximum absolute atomic E-state index is 12.4. The molecule has 0 spiro atoms. The Kier molecular flexibility index (Phi) is 5.94. The summed E-state index contributed by atoms with van der Waals surface area (Å²) in [6, 6.07) is 3.54. The van der Waals surface area contributed by atoms with Crippen molar-refractivity contribution in [2.24, 2.45) is 0 Å². The van der Waals surface area contributed by atoms with Gasteiger partial charge in [0.1, 0.15) is 4.90 Å². The van der Waals surface area contributed by atoms with Crippen LogP contribution in [-0.4, -0.2) is 41.9 Å². The van der Waals surface area contributed by atoms with Crippen LogP contribution in [0.5, 0.6) is 0 Å². The predicted molar refractivity (Wildman–Crippen MR) is 78.2 cm³/mol. The highest BCUT2D eigenvalue weighted by atomic mass is 32.2. The summed E-state index contributed by atoms with van der Waals surface area (Å²) in [5, 5.41) is 0. The molecule has 0 saturated heterocycles. The molecule has 3 N–H and O–H groups in total. The summed E-state index contributed by atoms with van der Waals surface area (Å²) < 4.78 is 37.3. The molecule has 0 aliphatic carbocycles. The molecule has 6 nitrogen and oxygen atoms in total. The van der Waals surface area contributed by atoms with Gasteiger partial charge in [0.2, 0.25) is 10.0 Å². The van der Waals surface area contributed by atoms with Gasteiger partial charge in [-0.1, -0.05) is 12.1 Å². The van der Waals surface area contributed by atoms with Gasteiger partial charge >= 0.3 is 0 Å². The fraction of sp³-hybridized carbons (Fsp3) is 0.538. The molecule has 0 aromatic heterocycles. The number of methoxy groups -OCH3 is 2. The van der Waals surface area contributed by atoms with Gasteiger partial charge in [0.25, 0.3) is 0 Å². The van der Waals surface area contributed by atoms with Gasteiger partial charge in [0.15, 0.2) is 0 Å². The third kappa shape index (κ3) is 3.92. The topological polar surface area (TPSA) is 90.7 Å². The van der Waals surface area contributed by atoms with Crippen molar-refractivity contribution in [2.45, 2.75) is 24.8 Å². The molecule has 7 heteroatoms. The van der Waals surface area contributed by atoms with E-state index in [0.29, 0.717) is 12.2 Å². The maximum atomic E-state index is 12.4. The minimum Gasteiger partial charge on any atom is -0.397 e. The van der Waals surface area contributed by atoms with Crippen molar-refractivity contribution in [3.63, 3.8) is 0 Å². The quantitative estimate of drug-likeness (QED) is 0.728. The molecule has 1 aromatic rings. The average molecular weight is 302 g/mol. The molecule has 1 rings (SSSR count). The smallest absolute Gasteiger partial charge is 0.242 e. The van der Waals surface area contributed by atoms with Gasteiger partial charge < -0.3 is 15.2 Å². The van der Waals surface area contributed by atoms with Gasteiger partial charge in [-0.2, -0.15) is 0 Å². The number of nitrogens with two attached hydrogens (primary N) is 1. The number of rotatable bonds is 7. The molecule has 1 aromatic carbocycles. The molecule has 114 valence electrons. The first kappa shape index (κ1) is 16.9. The van der Waals surface area contributed by atoms with Crippen LogP contribution in [0.3, 0.4) is 0 Å². The second-order valence-electron chi connectivity index (χ2n) is 4.61. The largest absolute Gasteiger partial charge is 0.397 e. The van der Waals surface area contributed by atoms with Crippen LogP contribution in [0.4, 0.5) is 5.69 Å². The molecule has 0 fully saturated rings. The van der Waals surface area contributed by atoms with Crippen molar-refractivity contribution in [2.75, 3.05) is 33.1 Å². The van der Waals surface area contributed by atoms with Gasteiger partial charge in [0, 0.05) is 20.8 Å². The van der Waals surface area contributed by atoms with E-state index in [0.717, 1.165) is 5.56 Å². The summed E-state index contributed by atoms with van der Waals surface area (Å²) in [4.78, 5) is 0.129. The molecular formula is C13H22N2O4S. The van der Waals surface area contributed by atoms with Crippen LogP contribution in [0.1, 0.15) is 11.1 Å². The first-order valence-electron chi connectivity index (χ1n) is 6.20. The van der Waals surface area contributed by atoms with Gasteiger partial charge in [-0.05, 0) is 25.0 Å². The number of hydrogen-bond donors (Lipinski definition) is 2. The van der Waals surface area contributed by atoms with Crippen LogP contribution < -0.4 is 10.5 Å². The van der Waals surface area contributed by atoms with Crippen molar-refractivity contribution in [1.29, 1.82) is 0 Å². The third-order valence-electron chi connectivity index (χ3n) is 3.07. The monoisotopic (exact) mass is 302 g/mol. The minimum absolute atomic E-state index is 0.124. The highest BCUT2D eigenvalue weighted by Gasteiger charge is 2.22. The minimum atomic E-state index is -3.68. The van der Waals surface area contributed by atoms with Crippen LogP contribution in [-0.2, 0) is 19.5 Å². The fourth-order valence-corrected chi connectivity index (χ4v) is 3.33. The Hall–Kier alpha value is -1.15. The Morgan fingerprint density at radius 1 is 1.25 bits per heavy atom. The number of benzene rings is 1. The number of anilines is 1. The van der Waals surface area contributed by atoms with E-state index < -0.39 is 10.0 Å². The van der Waals surface area contributed by atoms with E-state index in [2.05, 4.69) is 4.72 Å². The highest BCUT2D eigenvalue weighted by Crippen LogP contribution is 2.25. The molecule has 0 saturated carbocycles. The van der Waals surface area contributed by atoms with E-state index in [1.165, 1.54) is 14.2 Å². The molecule has 0 amide bonds. The lowest BCUT2D eigenvalue weighted by Gasteiger charge is -2.17. The van der Waals surface area contributed by atoms with Crippen LogP contribution in [0, 0.1) is 13.8 Å². The number of hydrogen-bond acceptors (Lipinski definition) is 5. The summed E-state index contributed by atoms with van der Waals surface area (Å²) in [6.07, 6.45) is -0.346. The van der Waals surface area contributed by atoms with Gasteiger partial charge in [-0.15, -0.1) is 0 Å². The highest BCUT2D eigenvalue weighted by molar-refractivity contribution is 7.89. The van der Waals surface area contributed by atoms with Crippen LogP contribution in [0.25, 0.3) is 0 Å². The summed E-state index contributed by atoms with van der Waals surface area (Å²) in [5.74, 6) is 0. The fourth-order valence-electron chi connectivity index (χ4n) is 1.83. The van der Waals surface area contributed by atoms with E-state index in [1.54, 1.807) is 26.0 Å². The number of nitrogen functional groups attached to an aromatic ring is 1. The zero-order valence-electron chi connectivity index (χ0n) is 12.3. The number of ether oxygens (including phenoxy) is 2. The van der Waals surface area contributed by atoms with Gasteiger partial charge in [0.05, 0.1) is 18.4 Å². The van der Waals surface area contributed by atoms with E-state index >= 15 is 0 Å². The Morgan fingerprint density at radius 2 is 1.85 bits per heavy atom. The van der Waals surface area contributed by atoms with Gasteiger partial charge in [-0.25, -0.2) is 13.1 Å². The lowest BCUT2D eigenvalue weighted by atomic mass is 10.1. The first-order chi connectivity index (χ1) is 9.33. The Morgan fingerprint density at radius 3 is 2.40 bits per heavy atom. The van der Waals surface area contributed by atoms with E-state index in [9.17, 15) is 8.42 Å². The van der Waals surface area contributed by atoms with Crippen molar-refractivity contribution in [3.05, 3.63) is 23.3 Å². The molecular weight excluding hydrogens is 280 g/mol. The maximum Gasteiger partial charge on any atom is 0.242 e. The second-order valence-corrected chi connectivity index (χ2v) is 6.31. The molecule has 0 bridgehead atoms. The summed E-state index contributed by atoms with van der Waals surface area (Å²) in [5.41, 5.74) is 7.51. The summed E-state index contributed by atoms with van der Waals surface area (Å²) in [7, 11) is -0.643. The zero-order valence-corrected chi connectivity index (χ0v) is 13.1. The third-order valence-corrected chi connectivity index (χ3v) is 4.69. The van der Waals surface area contributed by atoms with Crippen molar-refractivity contribution >= 4 is 15.7 Å². The number of aryl methyl sites for hydroxylation is 2. The zero-order chi connectivity index (χ0) is 15.3. The normalized spacial score (nSPS) is 13.4. The molecule has 1 atom stereocenters. The standard InChI is InChI=1S/C13H22N2O4S/c1-9-5-6-10(2)13(12(9)14)20(16,17)15-7-11(19-4)8-18-3/h5-6,11,15H,7-8,14H2,1-4H3. The first-order valence-corrected chi connectivity index (χ1v) is 7.69. The number of nitrogens with one attached hydrogen (secondary N) is 1.